The lowest BCUT2D eigenvalue weighted by Gasteiger charge is -2.42. The molecule has 18 heavy (non-hydrogen) atoms. The molecule has 1 aliphatic heterocycles. The summed E-state index contributed by atoms with van der Waals surface area (Å²) >= 11 is 0. The van der Waals surface area contributed by atoms with Gasteiger partial charge in [-0.05, 0) is 19.2 Å². The van der Waals surface area contributed by atoms with Crippen molar-refractivity contribution in [3.05, 3.63) is 30.3 Å². The normalized spacial score (nSPS) is 26.1. The van der Waals surface area contributed by atoms with Gasteiger partial charge < -0.3 is 5.32 Å². The molecule has 2 rings (SSSR count). The lowest BCUT2D eigenvalue weighted by atomic mass is 10.2. The van der Waals surface area contributed by atoms with E-state index < -0.39 is 15.8 Å². The van der Waals surface area contributed by atoms with Crippen LogP contribution in [0, 0.1) is 0 Å². The summed E-state index contributed by atoms with van der Waals surface area (Å²) in [5, 5.41) is 3.09. The Labute approximate surface area is 107 Å². The zero-order valence-corrected chi connectivity index (χ0v) is 11.1. The van der Waals surface area contributed by atoms with Gasteiger partial charge in [-0.3, -0.25) is 10.6 Å². The van der Waals surface area contributed by atoms with Crippen LogP contribution in [0.25, 0.3) is 0 Å². The number of hydrogen-bond acceptors (Lipinski definition) is 5. The highest BCUT2D eigenvalue weighted by Gasteiger charge is 2.36. The maximum Gasteiger partial charge on any atom is 0.243 e. The highest BCUT2D eigenvalue weighted by molar-refractivity contribution is 7.89. The zero-order valence-electron chi connectivity index (χ0n) is 10.3. The Hall–Kier alpha value is -0.990. The highest BCUT2D eigenvalue weighted by Crippen LogP contribution is 2.13. The van der Waals surface area contributed by atoms with Gasteiger partial charge in [0.15, 0.2) is 0 Å². The van der Waals surface area contributed by atoms with Crippen molar-refractivity contribution in [2.24, 2.45) is 5.73 Å². The van der Waals surface area contributed by atoms with E-state index in [1.54, 1.807) is 42.3 Å². The fourth-order valence-electron chi connectivity index (χ4n) is 1.87. The third-order valence-corrected chi connectivity index (χ3v) is 4.58. The minimum absolute atomic E-state index is 0.216. The lowest BCUT2D eigenvalue weighted by molar-refractivity contribution is 0.0826. The van der Waals surface area contributed by atoms with Crippen molar-refractivity contribution >= 4 is 10.0 Å². The summed E-state index contributed by atoms with van der Waals surface area (Å²) in [6.07, 6.45) is 0. The molecule has 0 spiro atoms. The molecular weight excluding hydrogens is 252 g/mol. The molecule has 1 aliphatic rings. The molecular formula is C11H18N4O2S. The van der Waals surface area contributed by atoms with Gasteiger partial charge in [-0.1, -0.05) is 18.2 Å². The second-order valence-electron chi connectivity index (χ2n) is 4.44. The second-order valence-corrected chi connectivity index (χ2v) is 6.12. The van der Waals surface area contributed by atoms with E-state index in [0.29, 0.717) is 13.1 Å². The van der Waals surface area contributed by atoms with E-state index in [-0.39, 0.29) is 4.90 Å². The van der Waals surface area contributed by atoms with Crippen molar-refractivity contribution in [1.29, 1.82) is 0 Å². The quantitative estimate of drug-likeness (QED) is 0.620. The first-order chi connectivity index (χ1) is 8.44. The van der Waals surface area contributed by atoms with Crippen LogP contribution in [0.15, 0.2) is 35.2 Å². The maximum absolute atomic E-state index is 12.2. The van der Waals surface area contributed by atoms with Crippen LogP contribution in [-0.2, 0) is 10.0 Å². The van der Waals surface area contributed by atoms with Gasteiger partial charge in [0.25, 0.3) is 0 Å². The van der Waals surface area contributed by atoms with Crippen LogP contribution in [-0.4, -0.2) is 45.8 Å². The summed E-state index contributed by atoms with van der Waals surface area (Å²) in [7, 11) is -1.81. The number of nitrogens with zero attached hydrogens (tertiary/aromatic N) is 1. The van der Waals surface area contributed by atoms with Crippen molar-refractivity contribution < 1.29 is 8.42 Å². The van der Waals surface area contributed by atoms with E-state index >= 15 is 0 Å². The molecule has 6 nitrogen and oxygen atoms in total. The molecule has 1 atom stereocenters. The van der Waals surface area contributed by atoms with E-state index in [4.69, 9.17) is 5.73 Å². The van der Waals surface area contributed by atoms with Crippen LogP contribution in [0.1, 0.15) is 0 Å². The number of hydrogen-bond donors (Lipinski definition) is 3. The summed E-state index contributed by atoms with van der Waals surface area (Å²) < 4.78 is 27.0. The number of nitrogens with two attached hydrogens (primary N) is 1. The van der Waals surface area contributed by atoms with Crippen molar-refractivity contribution in [2.75, 3.05) is 26.7 Å². The number of benzene rings is 1. The molecule has 1 heterocycles. The fourth-order valence-corrected chi connectivity index (χ4v) is 3.19. The van der Waals surface area contributed by atoms with E-state index in [0.717, 1.165) is 6.54 Å². The van der Waals surface area contributed by atoms with Crippen molar-refractivity contribution in [2.45, 2.75) is 10.7 Å². The van der Waals surface area contributed by atoms with E-state index in [1.165, 1.54) is 0 Å². The topological polar surface area (TPSA) is 87.5 Å². The van der Waals surface area contributed by atoms with Crippen LogP contribution < -0.4 is 15.8 Å². The monoisotopic (exact) mass is 270 g/mol. The standard InChI is InChI=1S/C11H18N4O2S/c1-15-8-7-13-9-11(15,12)14-18(16,17)10-5-3-2-4-6-10/h2-6,13-14H,7-9,12H2,1H3. The molecule has 0 saturated carbocycles. The number of likely N-dealkylation sites (N-methyl/N-ethyl adjacent to an activating group) is 1. The number of sulfonamides is 1. The average Bonchev–Trinajstić information content (AvgIpc) is 2.34. The van der Waals surface area contributed by atoms with Crippen LogP contribution in [0.3, 0.4) is 0 Å². The summed E-state index contributed by atoms with van der Waals surface area (Å²) in [4.78, 5) is 2.01. The molecule has 1 fully saturated rings. The van der Waals surface area contributed by atoms with Crippen molar-refractivity contribution in [3.63, 3.8) is 0 Å². The predicted octanol–water partition coefficient (Wildman–Crippen LogP) is -0.888. The van der Waals surface area contributed by atoms with Gasteiger partial charge in [0.05, 0.1) is 4.90 Å². The Bertz CT molecular complexity index is 505. The van der Waals surface area contributed by atoms with Gasteiger partial charge in [0, 0.05) is 19.6 Å². The van der Waals surface area contributed by atoms with Crippen LogP contribution in [0.5, 0.6) is 0 Å². The van der Waals surface area contributed by atoms with Gasteiger partial charge in [0.1, 0.15) is 5.79 Å². The lowest BCUT2D eigenvalue weighted by Crippen LogP contribution is -2.73. The number of piperazine rings is 1. The molecule has 0 radical (unpaired) electrons. The van der Waals surface area contributed by atoms with Gasteiger partial charge in [0.2, 0.25) is 10.0 Å². The maximum atomic E-state index is 12.2. The second kappa shape index (κ2) is 4.94. The number of rotatable bonds is 3. The minimum atomic E-state index is -3.61. The third-order valence-electron chi connectivity index (χ3n) is 3.06. The smallest absolute Gasteiger partial charge is 0.243 e. The summed E-state index contributed by atoms with van der Waals surface area (Å²) in [5.74, 6) is -1.09. The molecule has 1 aromatic carbocycles. The first kappa shape index (κ1) is 13.4. The van der Waals surface area contributed by atoms with Crippen LogP contribution in [0.2, 0.25) is 0 Å². The van der Waals surface area contributed by atoms with E-state index in [1.807, 2.05) is 0 Å². The van der Waals surface area contributed by atoms with Gasteiger partial charge in [-0.2, -0.15) is 4.72 Å². The molecule has 100 valence electrons. The first-order valence-electron chi connectivity index (χ1n) is 5.74. The Morgan fingerprint density at radius 2 is 2.06 bits per heavy atom. The molecule has 1 saturated heterocycles. The zero-order chi connectivity index (χ0) is 13.2. The van der Waals surface area contributed by atoms with Gasteiger partial charge in [-0.25, -0.2) is 8.42 Å². The van der Waals surface area contributed by atoms with Crippen molar-refractivity contribution in [3.8, 4) is 0 Å². The van der Waals surface area contributed by atoms with E-state index in [2.05, 4.69) is 10.0 Å². The van der Waals surface area contributed by atoms with Crippen molar-refractivity contribution in [1.82, 2.24) is 14.9 Å². The highest BCUT2D eigenvalue weighted by atomic mass is 32.2. The van der Waals surface area contributed by atoms with Crippen LogP contribution >= 0.6 is 0 Å². The molecule has 0 aliphatic carbocycles. The summed E-state index contributed by atoms with van der Waals surface area (Å²) in [6, 6.07) is 8.22. The van der Waals surface area contributed by atoms with E-state index in [9.17, 15) is 8.42 Å². The molecule has 7 heteroatoms. The summed E-state index contributed by atoms with van der Waals surface area (Å²) in [6.45, 7) is 1.85. The molecule has 0 aromatic heterocycles. The molecule has 0 bridgehead atoms. The largest absolute Gasteiger partial charge is 0.311 e. The Balaban J connectivity index is 2.23. The Morgan fingerprint density at radius 1 is 1.39 bits per heavy atom. The average molecular weight is 270 g/mol. The first-order valence-corrected chi connectivity index (χ1v) is 7.22. The molecule has 4 N–H and O–H groups in total. The minimum Gasteiger partial charge on any atom is -0.311 e. The molecule has 0 amide bonds. The number of nitrogens with one attached hydrogen (secondary N) is 2. The van der Waals surface area contributed by atoms with Crippen LogP contribution in [0.4, 0.5) is 0 Å². The SMILES string of the molecule is CN1CCNCC1(N)NS(=O)(=O)c1ccccc1. The Kier molecular flexibility index (Phi) is 3.69. The predicted molar refractivity (Wildman–Crippen MR) is 69.2 cm³/mol. The van der Waals surface area contributed by atoms with Gasteiger partial charge >= 0.3 is 0 Å². The molecule has 1 unspecified atom stereocenters. The Morgan fingerprint density at radius 3 is 2.67 bits per heavy atom. The molecule has 1 aromatic rings. The fraction of sp³-hybridized carbons (Fsp3) is 0.455. The van der Waals surface area contributed by atoms with Gasteiger partial charge in [-0.15, -0.1) is 0 Å². The third kappa shape index (κ3) is 2.70. The summed E-state index contributed by atoms with van der Waals surface area (Å²) in [5.41, 5.74) is 6.10.